The zero-order chi connectivity index (χ0) is 29.1. The van der Waals surface area contributed by atoms with E-state index >= 15 is 0 Å². The Morgan fingerprint density at radius 3 is 2.25 bits per heavy atom. The van der Waals surface area contributed by atoms with Gasteiger partial charge in [-0.3, -0.25) is 25.0 Å². The van der Waals surface area contributed by atoms with Crippen LogP contribution in [0.15, 0.2) is 46.8 Å². The van der Waals surface area contributed by atoms with Crippen molar-refractivity contribution in [1.29, 1.82) is 0 Å². The fourth-order valence-electron chi connectivity index (χ4n) is 5.32. The van der Waals surface area contributed by atoms with Crippen molar-refractivity contribution in [2.45, 2.75) is 66.0 Å². The molecule has 11 nitrogen and oxygen atoms in total. The number of nitrogens with one attached hydrogen (secondary N) is 1. The SMILES string of the molecule is COC(=O)C1=C(C)NC(C)=C(C(=O)OC2CCN(Cc3nc(C)c(C)nc3C)CC2)C1c1cccc([N+](=O)[O-])c1. The molecular formula is C29H35N5O6. The van der Waals surface area contributed by atoms with Gasteiger partial charge in [0.15, 0.2) is 0 Å². The average molecular weight is 550 g/mol. The number of nitrogens with zero attached hydrogens (tertiary/aromatic N) is 4. The van der Waals surface area contributed by atoms with Gasteiger partial charge < -0.3 is 14.8 Å². The van der Waals surface area contributed by atoms with E-state index in [2.05, 4.69) is 15.2 Å². The summed E-state index contributed by atoms with van der Waals surface area (Å²) in [5.41, 5.74) is 5.48. The molecule has 0 spiro atoms. The van der Waals surface area contributed by atoms with Crippen molar-refractivity contribution >= 4 is 17.6 Å². The Morgan fingerprint density at radius 1 is 1.00 bits per heavy atom. The van der Waals surface area contributed by atoms with E-state index in [1.807, 2.05) is 20.8 Å². The third-order valence-corrected chi connectivity index (χ3v) is 7.56. The van der Waals surface area contributed by atoms with Crippen molar-refractivity contribution in [3.05, 3.63) is 85.3 Å². The third-order valence-electron chi connectivity index (χ3n) is 7.56. The minimum atomic E-state index is -0.882. The lowest BCUT2D eigenvalue weighted by Crippen LogP contribution is -2.39. The molecular weight excluding hydrogens is 514 g/mol. The number of aryl methyl sites for hydroxylation is 3. The molecule has 1 saturated heterocycles. The summed E-state index contributed by atoms with van der Waals surface area (Å²) in [6, 6.07) is 5.94. The number of carbonyl (C=O) groups is 2. The summed E-state index contributed by atoms with van der Waals surface area (Å²) in [6.07, 6.45) is 0.974. The van der Waals surface area contributed by atoms with Gasteiger partial charge in [0.05, 0.1) is 51.9 Å². The molecule has 4 rings (SSSR count). The Hall–Kier alpha value is -4.12. The van der Waals surface area contributed by atoms with Gasteiger partial charge >= 0.3 is 11.9 Å². The van der Waals surface area contributed by atoms with Crippen molar-refractivity contribution in [3.8, 4) is 0 Å². The van der Waals surface area contributed by atoms with Crippen LogP contribution < -0.4 is 5.32 Å². The zero-order valence-electron chi connectivity index (χ0n) is 23.7. The van der Waals surface area contributed by atoms with Crippen LogP contribution in [0.4, 0.5) is 5.69 Å². The van der Waals surface area contributed by atoms with Gasteiger partial charge in [0, 0.05) is 43.2 Å². The number of likely N-dealkylation sites (tertiary alicyclic amines) is 1. The number of dihydropyridines is 1. The lowest BCUT2D eigenvalue weighted by molar-refractivity contribution is -0.384. The highest BCUT2D eigenvalue weighted by Gasteiger charge is 2.39. The van der Waals surface area contributed by atoms with Gasteiger partial charge in [-0.2, -0.15) is 0 Å². The molecule has 2 aromatic rings. The monoisotopic (exact) mass is 549 g/mol. The zero-order valence-corrected chi connectivity index (χ0v) is 23.7. The minimum absolute atomic E-state index is 0.139. The number of allylic oxidation sites excluding steroid dienone is 2. The first-order chi connectivity index (χ1) is 19.0. The number of nitro groups is 1. The number of carbonyl (C=O) groups excluding carboxylic acids is 2. The molecule has 1 N–H and O–H groups in total. The van der Waals surface area contributed by atoms with Gasteiger partial charge in [-0.15, -0.1) is 0 Å². The Bertz CT molecular complexity index is 1410. The number of ether oxygens (including phenoxy) is 2. The van der Waals surface area contributed by atoms with Crippen LogP contribution in [0, 0.1) is 30.9 Å². The molecule has 2 aliphatic rings. The number of esters is 2. The number of piperidine rings is 1. The van der Waals surface area contributed by atoms with E-state index in [-0.39, 0.29) is 22.9 Å². The highest BCUT2D eigenvalue weighted by Crippen LogP contribution is 2.40. The van der Waals surface area contributed by atoms with Crippen LogP contribution in [0.1, 0.15) is 60.9 Å². The maximum atomic E-state index is 13.7. The molecule has 1 aromatic heterocycles. The molecule has 1 unspecified atom stereocenters. The van der Waals surface area contributed by atoms with E-state index in [1.165, 1.54) is 25.3 Å². The molecule has 1 atom stereocenters. The van der Waals surface area contributed by atoms with Crippen molar-refractivity contribution in [1.82, 2.24) is 20.2 Å². The van der Waals surface area contributed by atoms with Crippen molar-refractivity contribution < 1.29 is 24.0 Å². The number of non-ortho nitro benzene ring substituents is 1. The maximum Gasteiger partial charge on any atom is 0.337 e. The normalized spacial score (nSPS) is 18.4. The molecule has 0 saturated carbocycles. The Balaban J connectivity index is 1.53. The quantitative estimate of drug-likeness (QED) is 0.307. The van der Waals surface area contributed by atoms with Gasteiger partial charge in [0.1, 0.15) is 6.10 Å². The maximum absolute atomic E-state index is 13.7. The Kier molecular flexibility index (Phi) is 8.63. The summed E-state index contributed by atoms with van der Waals surface area (Å²) < 4.78 is 11.0. The second-order valence-electron chi connectivity index (χ2n) is 10.3. The second-order valence-corrected chi connectivity index (χ2v) is 10.3. The smallest absolute Gasteiger partial charge is 0.337 e. The highest BCUT2D eigenvalue weighted by atomic mass is 16.6. The van der Waals surface area contributed by atoms with E-state index < -0.39 is 22.8 Å². The van der Waals surface area contributed by atoms with E-state index in [1.54, 1.807) is 19.9 Å². The molecule has 0 bridgehead atoms. The van der Waals surface area contributed by atoms with Crippen molar-refractivity contribution in [2.75, 3.05) is 20.2 Å². The van der Waals surface area contributed by atoms with Crippen LogP contribution in [-0.2, 0) is 25.6 Å². The summed E-state index contributed by atoms with van der Waals surface area (Å²) in [4.78, 5) is 49.1. The lowest BCUT2D eigenvalue weighted by Gasteiger charge is -2.34. The number of hydrogen-bond donors (Lipinski definition) is 1. The summed E-state index contributed by atoms with van der Waals surface area (Å²) in [5.74, 6) is -2.07. The average Bonchev–Trinajstić information content (AvgIpc) is 2.92. The van der Waals surface area contributed by atoms with E-state index in [0.29, 0.717) is 36.3 Å². The van der Waals surface area contributed by atoms with Crippen LogP contribution in [0.3, 0.4) is 0 Å². The lowest BCUT2D eigenvalue weighted by atomic mass is 9.80. The van der Waals surface area contributed by atoms with Gasteiger partial charge in [-0.1, -0.05) is 12.1 Å². The standard InChI is InChI=1S/C29H35N5O6/c1-16-17(2)32-24(18(3)30-16)15-33-12-10-23(11-13-33)40-29(36)26-20(5)31-19(4)25(28(35)39-6)27(26)21-8-7-9-22(14-21)34(37)38/h7-9,14,23,27,31H,10-13,15H2,1-6H3. The van der Waals surface area contributed by atoms with Gasteiger partial charge in [-0.05, 0) is 53.0 Å². The predicted molar refractivity (Wildman–Crippen MR) is 147 cm³/mol. The number of nitro benzene ring substituents is 1. The topological polar surface area (TPSA) is 137 Å². The summed E-state index contributed by atoms with van der Waals surface area (Å²) in [6.45, 7) is 11.4. The van der Waals surface area contributed by atoms with E-state index in [9.17, 15) is 19.7 Å². The molecule has 0 radical (unpaired) electrons. The highest BCUT2D eigenvalue weighted by molar-refractivity contribution is 6.00. The molecule has 2 aliphatic heterocycles. The predicted octanol–water partition coefficient (Wildman–Crippen LogP) is 3.93. The number of aromatic nitrogens is 2. The van der Waals surface area contributed by atoms with E-state index in [4.69, 9.17) is 14.5 Å². The van der Waals surface area contributed by atoms with Crippen LogP contribution >= 0.6 is 0 Å². The summed E-state index contributed by atoms with van der Waals surface area (Å²) in [7, 11) is 1.26. The number of methoxy groups -OCH3 is 1. The summed E-state index contributed by atoms with van der Waals surface area (Å²) in [5, 5.41) is 14.6. The fourth-order valence-corrected chi connectivity index (χ4v) is 5.32. The first-order valence-corrected chi connectivity index (χ1v) is 13.2. The van der Waals surface area contributed by atoms with Crippen LogP contribution in [-0.4, -0.2) is 58.0 Å². The first-order valence-electron chi connectivity index (χ1n) is 13.2. The second kappa shape index (κ2) is 12.0. The Labute approximate surface area is 233 Å². The molecule has 3 heterocycles. The van der Waals surface area contributed by atoms with Crippen LogP contribution in [0.2, 0.25) is 0 Å². The Morgan fingerprint density at radius 2 is 1.62 bits per heavy atom. The van der Waals surface area contributed by atoms with Crippen LogP contribution in [0.5, 0.6) is 0 Å². The van der Waals surface area contributed by atoms with Crippen LogP contribution in [0.25, 0.3) is 0 Å². The van der Waals surface area contributed by atoms with Gasteiger partial charge in [0.25, 0.3) is 5.69 Å². The molecule has 0 aliphatic carbocycles. The molecule has 40 heavy (non-hydrogen) atoms. The van der Waals surface area contributed by atoms with Gasteiger partial charge in [-0.25, -0.2) is 9.59 Å². The molecule has 1 aromatic carbocycles. The molecule has 0 amide bonds. The van der Waals surface area contributed by atoms with Crippen molar-refractivity contribution in [3.63, 3.8) is 0 Å². The molecule has 11 heteroatoms. The largest absolute Gasteiger partial charge is 0.466 e. The number of rotatable bonds is 7. The first kappa shape index (κ1) is 28.9. The number of hydrogen-bond acceptors (Lipinski definition) is 10. The molecule has 1 fully saturated rings. The van der Waals surface area contributed by atoms with Gasteiger partial charge in [0.2, 0.25) is 0 Å². The summed E-state index contributed by atoms with van der Waals surface area (Å²) >= 11 is 0. The molecule has 212 valence electrons. The van der Waals surface area contributed by atoms with Crippen molar-refractivity contribution in [2.24, 2.45) is 0 Å². The third kappa shape index (κ3) is 6.04. The number of benzene rings is 1. The fraction of sp³-hybridized carbons (Fsp3) is 0.448. The minimum Gasteiger partial charge on any atom is -0.466 e. The van der Waals surface area contributed by atoms with E-state index in [0.717, 1.165) is 35.9 Å².